The third kappa shape index (κ3) is 6.14. The number of rotatable bonds is 8. The highest BCUT2D eigenvalue weighted by atomic mass is 32.2. The van der Waals surface area contributed by atoms with Gasteiger partial charge in [0.15, 0.2) is 11.5 Å². The number of benzene rings is 2. The molecule has 0 atom stereocenters. The number of carbonyl (C=O) groups is 2. The minimum atomic E-state index is -0.570. The zero-order valence-electron chi connectivity index (χ0n) is 19.2. The molecule has 0 bridgehead atoms. The molecule has 1 amide bonds. The van der Waals surface area contributed by atoms with Crippen molar-refractivity contribution in [3.05, 3.63) is 73.1 Å². The van der Waals surface area contributed by atoms with E-state index in [9.17, 15) is 14.4 Å². The third-order valence-corrected chi connectivity index (χ3v) is 6.91. The Morgan fingerprint density at radius 1 is 1.17 bits per heavy atom. The van der Waals surface area contributed by atoms with Gasteiger partial charge in [-0.15, -0.1) is 23.1 Å². The number of amides is 1. The summed E-state index contributed by atoms with van der Waals surface area (Å²) in [5.74, 6) is 0.356. The van der Waals surface area contributed by atoms with Gasteiger partial charge in [-0.25, -0.2) is 4.79 Å². The molecule has 0 radical (unpaired) electrons. The maximum absolute atomic E-state index is 13.1. The quantitative estimate of drug-likeness (QED) is 0.364. The molecule has 0 spiro atoms. The van der Waals surface area contributed by atoms with E-state index >= 15 is 0 Å². The highest BCUT2D eigenvalue weighted by Gasteiger charge is 2.14. The Bertz CT molecular complexity index is 1410. The van der Waals surface area contributed by atoms with Crippen molar-refractivity contribution >= 4 is 47.1 Å². The third-order valence-electron chi connectivity index (χ3n) is 5.11. The van der Waals surface area contributed by atoms with Crippen LogP contribution in [0.2, 0.25) is 0 Å². The summed E-state index contributed by atoms with van der Waals surface area (Å²) in [5.41, 5.74) is 1.34. The van der Waals surface area contributed by atoms with Crippen molar-refractivity contribution in [1.29, 1.82) is 0 Å². The van der Waals surface area contributed by atoms with Crippen LogP contribution >= 0.6 is 23.1 Å². The largest absolute Gasteiger partial charge is 0.463 e. The van der Waals surface area contributed by atoms with Gasteiger partial charge in [0.25, 0.3) is 5.56 Å². The molecule has 2 heterocycles. The minimum absolute atomic E-state index is 0.174. The van der Waals surface area contributed by atoms with E-state index < -0.39 is 5.97 Å². The summed E-state index contributed by atoms with van der Waals surface area (Å²) in [4.78, 5) is 39.1. The van der Waals surface area contributed by atoms with Gasteiger partial charge in [0.1, 0.15) is 11.2 Å². The van der Waals surface area contributed by atoms with Crippen molar-refractivity contribution in [2.75, 3.05) is 19.7 Å². The molecule has 10 heteroatoms. The second kappa shape index (κ2) is 11.3. The Kier molecular flexibility index (Phi) is 7.94. The van der Waals surface area contributed by atoms with Gasteiger partial charge in [-0.05, 0) is 54.6 Å². The van der Waals surface area contributed by atoms with Crippen LogP contribution in [0.1, 0.15) is 18.1 Å². The first-order chi connectivity index (χ1) is 17.0. The van der Waals surface area contributed by atoms with Gasteiger partial charge >= 0.3 is 5.97 Å². The number of thioether (sulfide) groups is 1. The number of esters is 1. The van der Waals surface area contributed by atoms with Crippen molar-refractivity contribution < 1.29 is 23.8 Å². The Hall–Kier alpha value is -3.50. The monoisotopic (exact) mass is 512 g/mol. The van der Waals surface area contributed by atoms with Gasteiger partial charge in [0.05, 0.1) is 17.2 Å². The molecule has 182 valence electrons. The van der Waals surface area contributed by atoms with E-state index in [1.165, 1.54) is 10.6 Å². The van der Waals surface area contributed by atoms with E-state index in [0.29, 0.717) is 20.7 Å². The molecule has 0 saturated heterocycles. The maximum atomic E-state index is 13.1. The number of nitrogens with one attached hydrogen (secondary N) is 1. The topological polar surface area (TPSA) is 95.9 Å². The van der Waals surface area contributed by atoms with Crippen LogP contribution in [0.25, 0.3) is 12.2 Å². The lowest BCUT2D eigenvalue weighted by Crippen LogP contribution is -2.38. The summed E-state index contributed by atoms with van der Waals surface area (Å²) in [7, 11) is 0. The Labute approximate surface area is 209 Å². The smallest absolute Gasteiger partial charge is 0.333 e. The van der Waals surface area contributed by atoms with Crippen molar-refractivity contribution in [2.45, 2.75) is 24.9 Å². The molecule has 1 N–H and O–H groups in total. The molecule has 1 aromatic heterocycles. The number of ether oxygens (including phenoxy) is 3. The normalized spacial score (nSPS) is 13.2. The SMILES string of the molecule is CCOC(=O)/C=c1/s/c(=C\c2ccc(SC)cc2)c(=O)n1CC(=O)NCc1ccc2c(c1)OCO2. The summed E-state index contributed by atoms with van der Waals surface area (Å²) >= 11 is 2.77. The number of nitrogens with zero attached hydrogens (tertiary/aromatic N) is 1. The average Bonchev–Trinajstić information content (AvgIpc) is 3.43. The van der Waals surface area contributed by atoms with Gasteiger partial charge in [0.2, 0.25) is 12.7 Å². The van der Waals surface area contributed by atoms with Crippen LogP contribution in [0.4, 0.5) is 0 Å². The maximum Gasteiger partial charge on any atom is 0.333 e. The molecule has 0 aliphatic carbocycles. The summed E-state index contributed by atoms with van der Waals surface area (Å²) < 4.78 is 17.7. The Morgan fingerprint density at radius 3 is 2.69 bits per heavy atom. The Morgan fingerprint density at radius 2 is 1.94 bits per heavy atom. The van der Waals surface area contributed by atoms with Gasteiger partial charge in [-0.2, -0.15) is 0 Å². The van der Waals surface area contributed by atoms with Crippen molar-refractivity contribution in [3.8, 4) is 11.5 Å². The molecule has 1 aliphatic heterocycles. The molecule has 0 saturated carbocycles. The first-order valence-corrected chi connectivity index (χ1v) is 12.9. The number of carbonyl (C=O) groups excluding carboxylic acids is 2. The average molecular weight is 513 g/mol. The lowest BCUT2D eigenvalue weighted by Gasteiger charge is -2.07. The molecule has 1 aliphatic rings. The summed E-state index contributed by atoms with van der Waals surface area (Å²) in [6.45, 7) is 2.11. The number of hydrogen-bond acceptors (Lipinski definition) is 8. The fraction of sp³-hybridized carbons (Fsp3) is 0.240. The van der Waals surface area contributed by atoms with Gasteiger partial charge in [0, 0.05) is 11.4 Å². The fourth-order valence-corrected chi connectivity index (χ4v) is 4.82. The molecule has 0 unspecified atom stereocenters. The lowest BCUT2D eigenvalue weighted by molar-refractivity contribution is -0.135. The summed E-state index contributed by atoms with van der Waals surface area (Å²) in [6, 6.07) is 13.2. The first-order valence-electron chi connectivity index (χ1n) is 10.9. The zero-order chi connectivity index (χ0) is 24.8. The highest BCUT2D eigenvalue weighted by molar-refractivity contribution is 7.98. The van der Waals surface area contributed by atoms with Crippen LogP contribution < -0.4 is 29.5 Å². The highest BCUT2D eigenvalue weighted by Crippen LogP contribution is 2.32. The Balaban J connectivity index is 1.58. The van der Waals surface area contributed by atoms with Crippen molar-refractivity contribution in [1.82, 2.24) is 9.88 Å². The standard InChI is InChI=1S/C25H24N2O6S2/c1-3-31-24(29)12-23-27(25(30)21(35-23)11-16-4-7-18(34-2)8-5-16)14-22(28)26-13-17-6-9-19-20(10-17)33-15-32-19/h4-12H,3,13-15H2,1-2H3,(H,26,28)/b21-11-,23-12+. The second-order valence-corrected chi connectivity index (χ2v) is 9.42. The predicted molar refractivity (Wildman–Crippen MR) is 135 cm³/mol. The lowest BCUT2D eigenvalue weighted by atomic mass is 10.2. The van der Waals surface area contributed by atoms with E-state index in [4.69, 9.17) is 14.2 Å². The second-order valence-electron chi connectivity index (χ2n) is 7.47. The van der Waals surface area contributed by atoms with Crippen molar-refractivity contribution in [3.63, 3.8) is 0 Å². The van der Waals surface area contributed by atoms with E-state index in [2.05, 4.69) is 5.32 Å². The molecule has 4 rings (SSSR count). The van der Waals surface area contributed by atoms with Gasteiger partial charge in [-0.3, -0.25) is 14.2 Å². The van der Waals surface area contributed by atoms with E-state index in [-0.39, 0.29) is 38.0 Å². The molecular weight excluding hydrogens is 488 g/mol. The molecular formula is C25H24N2O6S2. The first kappa shape index (κ1) is 24.6. The number of fused-ring (bicyclic) bond motifs is 1. The summed E-state index contributed by atoms with van der Waals surface area (Å²) in [6.07, 6.45) is 4.99. The fourth-order valence-electron chi connectivity index (χ4n) is 3.38. The molecule has 0 fully saturated rings. The number of hydrogen-bond donors (Lipinski definition) is 1. The number of thiazole rings is 1. The van der Waals surface area contributed by atoms with Crippen LogP contribution in [0.15, 0.2) is 52.2 Å². The van der Waals surface area contributed by atoms with Crippen molar-refractivity contribution in [2.24, 2.45) is 0 Å². The summed E-state index contributed by atoms with van der Waals surface area (Å²) in [5, 5.41) is 2.81. The zero-order valence-corrected chi connectivity index (χ0v) is 20.9. The van der Waals surface area contributed by atoms with Crippen LogP contribution in [0.5, 0.6) is 11.5 Å². The molecule has 35 heavy (non-hydrogen) atoms. The molecule has 2 aromatic carbocycles. The molecule has 3 aromatic rings. The minimum Gasteiger partial charge on any atom is -0.463 e. The molecule has 8 nitrogen and oxygen atoms in total. The van der Waals surface area contributed by atoms with Crippen LogP contribution in [0.3, 0.4) is 0 Å². The van der Waals surface area contributed by atoms with Gasteiger partial charge < -0.3 is 19.5 Å². The predicted octanol–water partition coefficient (Wildman–Crippen LogP) is 1.85. The van der Waals surface area contributed by atoms with E-state index in [1.54, 1.807) is 36.9 Å². The van der Waals surface area contributed by atoms with Gasteiger partial charge in [-0.1, -0.05) is 18.2 Å². The van der Waals surface area contributed by atoms with Crippen LogP contribution in [-0.4, -0.2) is 36.1 Å². The van der Waals surface area contributed by atoms with E-state index in [1.807, 2.05) is 36.6 Å². The van der Waals surface area contributed by atoms with Crippen LogP contribution in [0, 0.1) is 0 Å². The van der Waals surface area contributed by atoms with E-state index in [0.717, 1.165) is 27.4 Å². The van der Waals surface area contributed by atoms with Crippen LogP contribution in [-0.2, 0) is 27.4 Å². The number of aromatic nitrogens is 1.